The number of allylic oxidation sites excluding steroid dienone is 1. The molecule has 4 rings (SSSR count). The fraction of sp³-hybridized carbons (Fsp3) is 0.200. The normalized spacial score (nSPS) is 15.6. The van der Waals surface area contributed by atoms with E-state index in [1.165, 1.54) is 6.92 Å². The van der Waals surface area contributed by atoms with Crippen molar-refractivity contribution in [1.82, 2.24) is 20.2 Å². The number of nitrogens with one attached hydrogen (secondary N) is 1. The molecule has 0 saturated carbocycles. The van der Waals surface area contributed by atoms with Crippen LogP contribution < -0.4 is 5.32 Å². The van der Waals surface area contributed by atoms with Crippen LogP contribution in [0.2, 0.25) is 0 Å². The Kier molecular flexibility index (Phi) is 5.54. The highest BCUT2D eigenvalue weighted by molar-refractivity contribution is 5.92. The highest BCUT2D eigenvalue weighted by Gasteiger charge is 2.40. The summed E-state index contributed by atoms with van der Waals surface area (Å²) in [7, 11) is 0. The summed E-state index contributed by atoms with van der Waals surface area (Å²) in [5, 5.41) is 25.5. The second kappa shape index (κ2) is 8.33. The molecule has 0 saturated heterocycles. The van der Waals surface area contributed by atoms with Crippen molar-refractivity contribution in [2.24, 2.45) is 0 Å². The van der Waals surface area contributed by atoms with E-state index in [-0.39, 0.29) is 29.4 Å². The van der Waals surface area contributed by atoms with Gasteiger partial charge in [-0.2, -0.15) is 17.9 Å². The number of esters is 1. The Labute approximate surface area is 183 Å². The van der Waals surface area contributed by atoms with Crippen molar-refractivity contribution in [3.8, 4) is 0 Å². The van der Waals surface area contributed by atoms with E-state index in [2.05, 4.69) is 20.8 Å². The number of nitro benzene ring substituents is 1. The molecule has 0 spiro atoms. The molecule has 1 unspecified atom stereocenters. The number of aromatic nitrogens is 4. The highest BCUT2D eigenvalue weighted by Crippen LogP contribution is 2.41. The molecule has 0 radical (unpaired) electrons. The first-order valence-corrected chi connectivity index (χ1v) is 9.49. The standard InChI is InChI=1S/C20H15F3N6O4/c1-11-16(18(30)33-10-12-5-3-2-4-6-12)17(28-19(24-11)25-26-27-28)14-8-7-13(20(21,22)23)9-15(14)29(31)32/h2-9,17H,10H2,1H3,(H,24,25,27). The van der Waals surface area contributed by atoms with E-state index >= 15 is 0 Å². The number of hydrogen-bond donors (Lipinski definition) is 1. The number of tetrazole rings is 1. The van der Waals surface area contributed by atoms with Crippen LogP contribution >= 0.6 is 0 Å². The summed E-state index contributed by atoms with van der Waals surface area (Å²) < 4.78 is 46.0. The molecule has 1 atom stereocenters. The molecule has 0 amide bonds. The van der Waals surface area contributed by atoms with Gasteiger partial charge in [0.15, 0.2) is 0 Å². The number of benzene rings is 2. The van der Waals surface area contributed by atoms with Crippen LogP contribution in [0.25, 0.3) is 0 Å². The molecule has 0 bridgehead atoms. The fourth-order valence-corrected chi connectivity index (χ4v) is 3.47. The number of nitrogens with zero attached hydrogens (tertiary/aromatic N) is 5. The molecule has 0 aliphatic carbocycles. The number of anilines is 1. The minimum atomic E-state index is -4.79. The van der Waals surface area contributed by atoms with Crippen molar-refractivity contribution in [3.63, 3.8) is 0 Å². The molecule has 33 heavy (non-hydrogen) atoms. The Morgan fingerprint density at radius 2 is 1.97 bits per heavy atom. The minimum Gasteiger partial charge on any atom is -0.457 e. The monoisotopic (exact) mass is 460 g/mol. The van der Waals surface area contributed by atoms with Gasteiger partial charge in [0.25, 0.3) is 5.69 Å². The fourth-order valence-electron chi connectivity index (χ4n) is 3.47. The zero-order valence-corrected chi connectivity index (χ0v) is 16.9. The molecule has 2 heterocycles. The first-order chi connectivity index (χ1) is 15.7. The molecule has 13 heteroatoms. The van der Waals surface area contributed by atoms with E-state index in [0.29, 0.717) is 17.7 Å². The van der Waals surface area contributed by atoms with Crippen LogP contribution in [0.4, 0.5) is 24.8 Å². The van der Waals surface area contributed by atoms with Crippen molar-refractivity contribution in [3.05, 3.63) is 86.6 Å². The Bertz CT molecular complexity index is 1260. The van der Waals surface area contributed by atoms with Crippen LogP contribution in [-0.4, -0.2) is 31.1 Å². The van der Waals surface area contributed by atoms with Crippen molar-refractivity contribution < 1.29 is 27.6 Å². The number of rotatable bonds is 5. The SMILES string of the molecule is CC1=C(C(=O)OCc2ccccc2)C(c2ccc(C(F)(F)F)cc2[N+](=O)[O-])n2nnnc2N1. The first-order valence-electron chi connectivity index (χ1n) is 9.49. The summed E-state index contributed by atoms with van der Waals surface area (Å²) in [5.74, 6) is -0.768. The van der Waals surface area contributed by atoms with Gasteiger partial charge in [-0.1, -0.05) is 35.4 Å². The van der Waals surface area contributed by atoms with E-state index < -0.39 is 34.4 Å². The number of ether oxygens (including phenoxy) is 1. The van der Waals surface area contributed by atoms with Crippen LogP contribution in [0.5, 0.6) is 0 Å². The second-order valence-electron chi connectivity index (χ2n) is 7.10. The number of nitro groups is 1. The Balaban J connectivity index is 1.79. The zero-order valence-electron chi connectivity index (χ0n) is 16.9. The number of hydrogen-bond acceptors (Lipinski definition) is 8. The molecule has 170 valence electrons. The third kappa shape index (κ3) is 4.24. The van der Waals surface area contributed by atoms with Crippen molar-refractivity contribution in [2.45, 2.75) is 25.7 Å². The van der Waals surface area contributed by atoms with Gasteiger partial charge in [0, 0.05) is 11.8 Å². The van der Waals surface area contributed by atoms with E-state index in [1.807, 2.05) is 0 Å². The quantitative estimate of drug-likeness (QED) is 0.348. The van der Waals surface area contributed by atoms with Gasteiger partial charge in [-0.3, -0.25) is 10.1 Å². The van der Waals surface area contributed by atoms with Gasteiger partial charge < -0.3 is 10.1 Å². The third-order valence-corrected chi connectivity index (χ3v) is 5.00. The van der Waals surface area contributed by atoms with Crippen LogP contribution in [0.3, 0.4) is 0 Å². The molecule has 1 aromatic heterocycles. The highest BCUT2D eigenvalue weighted by atomic mass is 19.4. The molecule has 1 aliphatic rings. The summed E-state index contributed by atoms with van der Waals surface area (Å²) in [6.07, 6.45) is -4.79. The Morgan fingerprint density at radius 1 is 1.24 bits per heavy atom. The molecular formula is C20H15F3N6O4. The minimum absolute atomic E-state index is 0.0614. The van der Waals surface area contributed by atoms with Crippen molar-refractivity contribution in [1.29, 1.82) is 0 Å². The molecular weight excluding hydrogens is 445 g/mol. The maximum atomic E-state index is 13.2. The van der Waals surface area contributed by atoms with Gasteiger partial charge in [-0.25, -0.2) is 4.79 Å². The maximum absolute atomic E-state index is 13.2. The topological polar surface area (TPSA) is 125 Å². The van der Waals surface area contributed by atoms with Crippen LogP contribution in [0.1, 0.15) is 29.7 Å². The average Bonchev–Trinajstić information content (AvgIpc) is 3.24. The molecule has 10 nitrogen and oxygen atoms in total. The van der Waals surface area contributed by atoms with Gasteiger partial charge in [0.05, 0.1) is 21.6 Å². The maximum Gasteiger partial charge on any atom is 0.416 e. The predicted molar refractivity (Wildman–Crippen MR) is 107 cm³/mol. The molecule has 1 aliphatic heterocycles. The summed E-state index contributed by atoms with van der Waals surface area (Å²) >= 11 is 0. The predicted octanol–water partition coefficient (Wildman–Crippen LogP) is 3.63. The summed E-state index contributed by atoms with van der Waals surface area (Å²) in [4.78, 5) is 23.8. The Morgan fingerprint density at radius 3 is 2.64 bits per heavy atom. The Hall–Kier alpha value is -4.29. The largest absolute Gasteiger partial charge is 0.457 e. The number of carbonyl (C=O) groups is 1. The van der Waals surface area contributed by atoms with Crippen molar-refractivity contribution in [2.75, 3.05) is 5.32 Å². The first kappa shape index (κ1) is 21.9. The smallest absolute Gasteiger partial charge is 0.416 e. The van der Waals surface area contributed by atoms with Gasteiger partial charge in [-0.15, -0.1) is 0 Å². The lowest BCUT2D eigenvalue weighted by Gasteiger charge is -2.27. The molecule has 2 aromatic carbocycles. The third-order valence-electron chi connectivity index (χ3n) is 5.00. The molecule has 1 N–H and O–H groups in total. The number of alkyl halides is 3. The van der Waals surface area contributed by atoms with E-state index in [1.54, 1.807) is 30.3 Å². The molecule has 3 aromatic rings. The van der Waals surface area contributed by atoms with Crippen LogP contribution in [-0.2, 0) is 22.3 Å². The van der Waals surface area contributed by atoms with Gasteiger partial charge in [0.1, 0.15) is 12.6 Å². The lowest BCUT2D eigenvalue weighted by molar-refractivity contribution is -0.386. The lowest BCUT2D eigenvalue weighted by atomic mass is 9.93. The van der Waals surface area contributed by atoms with Gasteiger partial charge in [-0.05, 0) is 35.0 Å². The van der Waals surface area contributed by atoms with Crippen LogP contribution in [0, 0.1) is 10.1 Å². The lowest BCUT2D eigenvalue weighted by Crippen LogP contribution is -2.30. The van der Waals surface area contributed by atoms with E-state index in [4.69, 9.17) is 4.74 Å². The summed E-state index contributed by atoms with van der Waals surface area (Å²) in [6, 6.07) is 9.58. The summed E-state index contributed by atoms with van der Waals surface area (Å²) in [6.45, 7) is 1.43. The van der Waals surface area contributed by atoms with Crippen LogP contribution in [0.15, 0.2) is 59.8 Å². The van der Waals surface area contributed by atoms with E-state index in [0.717, 1.165) is 10.7 Å². The molecule has 0 fully saturated rings. The van der Waals surface area contributed by atoms with E-state index in [9.17, 15) is 28.1 Å². The zero-order chi connectivity index (χ0) is 23.8. The number of halogens is 3. The average molecular weight is 460 g/mol. The second-order valence-corrected chi connectivity index (χ2v) is 7.10. The number of carbonyl (C=O) groups excluding carboxylic acids is 1. The van der Waals surface area contributed by atoms with Gasteiger partial charge in [0.2, 0.25) is 5.95 Å². The summed E-state index contributed by atoms with van der Waals surface area (Å²) in [5.41, 5.74) is -1.36. The van der Waals surface area contributed by atoms with Crippen molar-refractivity contribution >= 4 is 17.6 Å². The van der Waals surface area contributed by atoms with Gasteiger partial charge >= 0.3 is 12.1 Å². The number of fused-ring (bicyclic) bond motifs is 1.